The third-order valence-corrected chi connectivity index (χ3v) is 3.69. The van der Waals surface area contributed by atoms with E-state index in [-0.39, 0.29) is 11.8 Å². The van der Waals surface area contributed by atoms with Gasteiger partial charge >= 0.3 is 0 Å². The van der Waals surface area contributed by atoms with E-state index in [0.29, 0.717) is 10.9 Å². The third-order valence-electron chi connectivity index (χ3n) is 2.48. The molecule has 0 fully saturated rings. The maximum absolute atomic E-state index is 13.7. The van der Waals surface area contributed by atoms with E-state index in [0.717, 1.165) is 10.4 Å². The Morgan fingerprint density at radius 2 is 2.17 bits per heavy atom. The van der Waals surface area contributed by atoms with E-state index in [1.54, 1.807) is 18.2 Å². The molecule has 2 rings (SSSR count). The summed E-state index contributed by atoms with van der Waals surface area (Å²) in [6.45, 7) is 2.12. The molecule has 0 aliphatic carbocycles. The first-order chi connectivity index (χ1) is 8.56. The molecule has 0 unspecified atom stereocenters. The van der Waals surface area contributed by atoms with Crippen molar-refractivity contribution >= 4 is 22.9 Å². The van der Waals surface area contributed by atoms with Crippen LogP contribution in [0.15, 0.2) is 30.3 Å². The zero-order valence-corrected chi connectivity index (χ0v) is 11.4. The molecule has 0 saturated carbocycles. The quantitative estimate of drug-likeness (QED) is 0.916. The maximum atomic E-state index is 13.7. The number of benzene rings is 1. The first-order valence-electron chi connectivity index (χ1n) is 5.48. The monoisotopic (exact) mass is 285 g/mol. The fourth-order valence-electron chi connectivity index (χ4n) is 1.50. The fourth-order valence-corrected chi connectivity index (χ4v) is 2.50. The number of ether oxygens (including phenoxy) is 1. The summed E-state index contributed by atoms with van der Waals surface area (Å²) >= 11 is 7.22. The Hall–Kier alpha value is -1.10. The van der Waals surface area contributed by atoms with Crippen LogP contribution in [0.5, 0.6) is 5.75 Å². The molecule has 0 aliphatic heterocycles. The Morgan fingerprint density at radius 3 is 2.72 bits per heavy atom. The summed E-state index contributed by atoms with van der Waals surface area (Å²) in [5, 5.41) is 0. The molecule has 1 aromatic heterocycles. The second-order valence-corrected chi connectivity index (χ2v) is 5.77. The van der Waals surface area contributed by atoms with Gasteiger partial charge in [0.15, 0.2) is 11.6 Å². The third kappa shape index (κ3) is 3.22. The molecule has 2 nitrogen and oxygen atoms in total. The summed E-state index contributed by atoms with van der Waals surface area (Å²) in [6.07, 6.45) is 0. The highest BCUT2D eigenvalue weighted by molar-refractivity contribution is 7.16. The lowest BCUT2D eigenvalue weighted by atomic mass is 10.1. The molecule has 2 N–H and O–H groups in total. The van der Waals surface area contributed by atoms with Crippen molar-refractivity contribution in [3.63, 3.8) is 0 Å². The highest BCUT2D eigenvalue weighted by atomic mass is 35.5. The number of thiophene rings is 1. The van der Waals surface area contributed by atoms with Crippen LogP contribution in [0, 0.1) is 5.82 Å². The van der Waals surface area contributed by atoms with Gasteiger partial charge in [0.25, 0.3) is 0 Å². The molecule has 0 aliphatic rings. The Balaban J connectivity index is 2.05. The highest BCUT2D eigenvalue weighted by Crippen LogP contribution is 2.25. The first-order valence-corrected chi connectivity index (χ1v) is 6.68. The molecule has 0 spiro atoms. The fraction of sp³-hybridized carbons (Fsp3) is 0.231. The number of hydrogen-bond donors (Lipinski definition) is 1. The molecule has 0 bridgehead atoms. The largest absolute Gasteiger partial charge is 0.485 e. The molecular formula is C13H13ClFNOS. The summed E-state index contributed by atoms with van der Waals surface area (Å²) in [5.74, 6) is -0.170. The van der Waals surface area contributed by atoms with E-state index in [9.17, 15) is 4.39 Å². The lowest BCUT2D eigenvalue weighted by molar-refractivity contribution is 0.293. The Morgan fingerprint density at radius 1 is 1.39 bits per heavy atom. The molecular weight excluding hydrogens is 273 g/mol. The van der Waals surface area contributed by atoms with Crippen molar-refractivity contribution < 1.29 is 9.13 Å². The van der Waals surface area contributed by atoms with Gasteiger partial charge in [0.05, 0.1) is 4.34 Å². The summed E-state index contributed by atoms with van der Waals surface area (Å²) in [5.41, 5.74) is 6.43. The Kier molecular flexibility index (Phi) is 4.22. The van der Waals surface area contributed by atoms with Gasteiger partial charge in [0, 0.05) is 10.9 Å². The van der Waals surface area contributed by atoms with Gasteiger partial charge in [-0.1, -0.05) is 17.7 Å². The van der Waals surface area contributed by atoms with E-state index in [2.05, 4.69) is 0 Å². The molecule has 2 aromatic rings. The van der Waals surface area contributed by atoms with Crippen LogP contribution < -0.4 is 10.5 Å². The lowest BCUT2D eigenvalue weighted by Gasteiger charge is -2.09. The van der Waals surface area contributed by atoms with Crippen molar-refractivity contribution in [3.05, 3.63) is 50.9 Å². The van der Waals surface area contributed by atoms with E-state index < -0.39 is 5.82 Å². The normalized spacial score (nSPS) is 12.4. The molecule has 0 radical (unpaired) electrons. The second kappa shape index (κ2) is 5.69. The molecule has 0 saturated heterocycles. The van der Waals surface area contributed by atoms with Crippen molar-refractivity contribution in [3.8, 4) is 5.75 Å². The number of rotatable bonds is 4. The predicted molar refractivity (Wildman–Crippen MR) is 72.7 cm³/mol. The molecule has 0 amide bonds. The van der Waals surface area contributed by atoms with Crippen LogP contribution in [0.3, 0.4) is 0 Å². The summed E-state index contributed by atoms with van der Waals surface area (Å²) in [7, 11) is 0. The maximum Gasteiger partial charge on any atom is 0.165 e. The summed E-state index contributed by atoms with van der Waals surface area (Å²) < 4.78 is 19.8. The van der Waals surface area contributed by atoms with Crippen molar-refractivity contribution in [2.24, 2.45) is 5.73 Å². The van der Waals surface area contributed by atoms with Gasteiger partial charge in [0.1, 0.15) is 6.61 Å². The van der Waals surface area contributed by atoms with Gasteiger partial charge in [-0.15, -0.1) is 11.3 Å². The second-order valence-electron chi connectivity index (χ2n) is 3.97. The average Bonchev–Trinajstić information content (AvgIpc) is 2.73. The average molecular weight is 286 g/mol. The topological polar surface area (TPSA) is 35.2 Å². The van der Waals surface area contributed by atoms with Gasteiger partial charge < -0.3 is 10.5 Å². The molecule has 1 atom stereocenters. The number of nitrogens with two attached hydrogens (primary N) is 1. The van der Waals surface area contributed by atoms with Crippen LogP contribution >= 0.6 is 22.9 Å². The van der Waals surface area contributed by atoms with Crippen LogP contribution in [-0.2, 0) is 6.61 Å². The standard InChI is InChI=1S/C13H13ClFNOS/c1-8(16)9-2-4-12(11(15)6-9)17-7-10-3-5-13(14)18-10/h2-6,8H,7,16H2,1H3/t8-/m0/s1. The number of halogens is 2. The lowest BCUT2D eigenvalue weighted by Crippen LogP contribution is -2.05. The predicted octanol–water partition coefficient (Wildman–Crippen LogP) is 4.14. The van der Waals surface area contributed by atoms with Gasteiger partial charge in [0.2, 0.25) is 0 Å². The SMILES string of the molecule is C[C@H](N)c1ccc(OCc2ccc(Cl)s2)c(F)c1. The van der Waals surface area contributed by atoms with Gasteiger partial charge in [-0.25, -0.2) is 4.39 Å². The molecule has 18 heavy (non-hydrogen) atoms. The van der Waals surface area contributed by atoms with Crippen LogP contribution in [0.2, 0.25) is 4.34 Å². The van der Waals surface area contributed by atoms with Crippen molar-refractivity contribution in [1.29, 1.82) is 0 Å². The van der Waals surface area contributed by atoms with Crippen molar-refractivity contribution in [2.45, 2.75) is 19.6 Å². The van der Waals surface area contributed by atoms with E-state index in [4.69, 9.17) is 22.1 Å². The minimum Gasteiger partial charge on any atom is -0.485 e. The summed E-state index contributed by atoms with van der Waals surface area (Å²) in [4.78, 5) is 0.954. The van der Waals surface area contributed by atoms with Crippen LogP contribution in [-0.4, -0.2) is 0 Å². The van der Waals surface area contributed by atoms with Gasteiger partial charge in [-0.2, -0.15) is 0 Å². The van der Waals surface area contributed by atoms with E-state index in [1.807, 2.05) is 13.0 Å². The number of hydrogen-bond acceptors (Lipinski definition) is 3. The Labute approximate surface area is 114 Å². The van der Waals surface area contributed by atoms with Gasteiger partial charge in [-0.05, 0) is 36.8 Å². The van der Waals surface area contributed by atoms with Crippen LogP contribution in [0.1, 0.15) is 23.4 Å². The first kappa shape index (κ1) is 13.3. The minimum atomic E-state index is -0.396. The molecule has 1 heterocycles. The highest BCUT2D eigenvalue weighted by Gasteiger charge is 2.08. The van der Waals surface area contributed by atoms with E-state index >= 15 is 0 Å². The van der Waals surface area contributed by atoms with Crippen LogP contribution in [0.4, 0.5) is 4.39 Å². The minimum absolute atomic E-state index is 0.190. The van der Waals surface area contributed by atoms with Crippen LogP contribution in [0.25, 0.3) is 0 Å². The molecule has 5 heteroatoms. The van der Waals surface area contributed by atoms with Crippen molar-refractivity contribution in [1.82, 2.24) is 0 Å². The smallest absolute Gasteiger partial charge is 0.165 e. The van der Waals surface area contributed by atoms with Crippen molar-refractivity contribution in [2.75, 3.05) is 0 Å². The van der Waals surface area contributed by atoms with E-state index in [1.165, 1.54) is 17.4 Å². The van der Waals surface area contributed by atoms with Gasteiger partial charge in [-0.3, -0.25) is 0 Å². The Bertz CT molecular complexity index is 542. The zero-order valence-electron chi connectivity index (χ0n) is 9.82. The molecule has 1 aromatic carbocycles. The zero-order chi connectivity index (χ0) is 13.1. The summed E-state index contributed by atoms with van der Waals surface area (Å²) in [6, 6.07) is 8.24. The molecule has 96 valence electrons.